The van der Waals surface area contributed by atoms with E-state index in [-0.39, 0.29) is 11.3 Å². The maximum Gasteiger partial charge on any atom is 0.226 e. The molecule has 0 radical (unpaired) electrons. The fourth-order valence-electron chi connectivity index (χ4n) is 2.03. The zero-order valence-electron chi connectivity index (χ0n) is 10.6. The first-order valence-corrected chi connectivity index (χ1v) is 6.78. The highest BCUT2D eigenvalue weighted by molar-refractivity contribution is 6.31. The summed E-state index contributed by atoms with van der Waals surface area (Å²) in [5.74, 6) is 0.626. The van der Waals surface area contributed by atoms with Crippen molar-refractivity contribution in [2.24, 2.45) is 0 Å². The number of fused-ring (bicyclic) bond motifs is 1. The topological polar surface area (TPSA) is 66.5 Å². The number of aromatic nitrogens is 4. The predicted octanol–water partition coefficient (Wildman–Crippen LogP) is 3.83. The molecule has 0 spiro atoms. The molecular formula is C13H11Cl2N5. The Kier molecular flexibility index (Phi) is 3.46. The van der Waals surface area contributed by atoms with Crippen molar-refractivity contribution in [3.63, 3.8) is 0 Å². The predicted molar refractivity (Wildman–Crippen MR) is 80.2 cm³/mol. The fourth-order valence-corrected chi connectivity index (χ4v) is 2.50. The van der Waals surface area contributed by atoms with Gasteiger partial charge in [0.05, 0.1) is 17.6 Å². The Labute approximate surface area is 125 Å². The van der Waals surface area contributed by atoms with Crippen LogP contribution in [0.2, 0.25) is 10.3 Å². The number of nitrogens with one attached hydrogen (secondary N) is 2. The molecule has 3 rings (SSSR count). The van der Waals surface area contributed by atoms with Crippen LogP contribution in [0.25, 0.3) is 11.0 Å². The van der Waals surface area contributed by atoms with Crippen molar-refractivity contribution >= 4 is 40.1 Å². The summed E-state index contributed by atoms with van der Waals surface area (Å²) in [6.45, 7) is 2.00. The van der Waals surface area contributed by atoms with E-state index < -0.39 is 0 Å². The fraction of sp³-hybridized carbons (Fsp3) is 0.154. The van der Waals surface area contributed by atoms with Crippen molar-refractivity contribution in [2.45, 2.75) is 13.0 Å². The van der Waals surface area contributed by atoms with Gasteiger partial charge in [-0.1, -0.05) is 29.8 Å². The van der Waals surface area contributed by atoms with E-state index in [4.69, 9.17) is 23.2 Å². The van der Waals surface area contributed by atoms with E-state index in [1.807, 2.05) is 31.2 Å². The average Bonchev–Trinajstić information content (AvgIpc) is 2.87. The van der Waals surface area contributed by atoms with Crippen LogP contribution in [0.5, 0.6) is 0 Å². The average molecular weight is 308 g/mol. The molecule has 2 aromatic heterocycles. The normalized spacial score (nSPS) is 12.6. The Morgan fingerprint density at radius 3 is 2.80 bits per heavy atom. The van der Waals surface area contributed by atoms with E-state index in [0.29, 0.717) is 16.5 Å². The summed E-state index contributed by atoms with van der Waals surface area (Å²) in [5.41, 5.74) is 1.58. The third kappa shape index (κ3) is 2.42. The Morgan fingerprint density at radius 2 is 2.00 bits per heavy atom. The molecule has 20 heavy (non-hydrogen) atoms. The lowest BCUT2D eigenvalue weighted by Crippen LogP contribution is -2.09. The van der Waals surface area contributed by atoms with Gasteiger partial charge in [0.1, 0.15) is 5.82 Å². The first-order chi connectivity index (χ1) is 9.65. The number of aromatic amines is 1. The van der Waals surface area contributed by atoms with Gasteiger partial charge in [0, 0.05) is 5.02 Å². The summed E-state index contributed by atoms with van der Waals surface area (Å²) in [5, 5.41) is 11.7. The molecule has 3 aromatic rings. The van der Waals surface area contributed by atoms with Gasteiger partial charge in [-0.3, -0.25) is 5.10 Å². The van der Waals surface area contributed by atoms with Crippen LogP contribution in [0, 0.1) is 0 Å². The standard InChI is InChI=1S/C13H11Cl2N5/c1-7(8-4-2-3-5-10(8)14)17-11-9-6-16-20-12(9)19-13(15)18-11/h2-7H,1H3,(H2,16,17,18,19,20). The van der Waals surface area contributed by atoms with E-state index >= 15 is 0 Å². The van der Waals surface area contributed by atoms with Crippen LogP contribution in [0.15, 0.2) is 30.5 Å². The number of H-pyrrole nitrogens is 1. The number of anilines is 1. The molecule has 5 nitrogen and oxygen atoms in total. The highest BCUT2D eigenvalue weighted by Crippen LogP contribution is 2.28. The lowest BCUT2D eigenvalue weighted by Gasteiger charge is -2.16. The molecule has 1 unspecified atom stereocenters. The smallest absolute Gasteiger partial charge is 0.226 e. The van der Waals surface area contributed by atoms with E-state index in [2.05, 4.69) is 25.5 Å². The third-order valence-corrected chi connectivity index (χ3v) is 3.52. The summed E-state index contributed by atoms with van der Waals surface area (Å²) >= 11 is 12.1. The van der Waals surface area contributed by atoms with Crippen molar-refractivity contribution in [3.05, 3.63) is 46.3 Å². The Hall–Kier alpha value is -1.85. The molecule has 1 aromatic carbocycles. The molecule has 2 N–H and O–H groups in total. The Morgan fingerprint density at radius 1 is 1.20 bits per heavy atom. The molecule has 0 bridgehead atoms. The maximum absolute atomic E-state index is 6.20. The quantitative estimate of drug-likeness (QED) is 0.722. The van der Waals surface area contributed by atoms with Crippen molar-refractivity contribution in [3.8, 4) is 0 Å². The third-order valence-electron chi connectivity index (χ3n) is 3.01. The van der Waals surface area contributed by atoms with Crippen molar-refractivity contribution < 1.29 is 0 Å². The number of nitrogens with zero attached hydrogens (tertiary/aromatic N) is 3. The van der Waals surface area contributed by atoms with Crippen molar-refractivity contribution in [1.29, 1.82) is 0 Å². The second kappa shape index (κ2) is 5.26. The second-order valence-electron chi connectivity index (χ2n) is 4.36. The van der Waals surface area contributed by atoms with Gasteiger partial charge >= 0.3 is 0 Å². The van der Waals surface area contributed by atoms with Gasteiger partial charge in [0.2, 0.25) is 5.28 Å². The van der Waals surface area contributed by atoms with Gasteiger partial charge < -0.3 is 5.32 Å². The molecule has 0 aliphatic heterocycles. The van der Waals surface area contributed by atoms with Crippen LogP contribution < -0.4 is 5.32 Å². The molecule has 1 atom stereocenters. The van der Waals surface area contributed by atoms with Gasteiger partial charge in [-0.25, -0.2) is 0 Å². The zero-order valence-corrected chi connectivity index (χ0v) is 12.1. The molecule has 0 saturated carbocycles. The number of hydrogen-bond donors (Lipinski definition) is 2. The minimum absolute atomic E-state index is 0.0206. The second-order valence-corrected chi connectivity index (χ2v) is 5.11. The molecule has 0 saturated heterocycles. The molecule has 0 aliphatic carbocycles. The van der Waals surface area contributed by atoms with Gasteiger partial charge in [0.15, 0.2) is 5.65 Å². The molecule has 102 valence electrons. The zero-order chi connectivity index (χ0) is 14.1. The summed E-state index contributed by atoms with van der Waals surface area (Å²) in [6, 6.07) is 7.65. The lowest BCUT2D eigenvalue weighted by atomic mass is 10.1. The van der Waals surface area contributed by atoms with Gasteiger partial charge in [-0.05, 0) is 30.2 Å². The first-order valence-electron chi connectivity index (χ1n) is 6.02. The molecular weight excluding hydrogens is 297 g/mol. The largest absolute Gasteiger partial charge is 0.363 e. The van der Waals surface area contributed by atoms with E-state index in [1.165, 1.54) is 0 Å². The number of benzene rings is 1. The monoisotopic (exact) mass is 307 g/mol. The van der Waals surface area contributed by atoms with Gasteiger partial charge in [-0.2, -0.15) is 15.1 Å². The molecule has 0 fully saturated rings. The first kappa shape index (κ1) is 13.1. The minimum atomic E-state index is -0.0206. The van der Waals surface area contributed by atoms with Gasteiger partial charge in [0.25, 0.3) is 0 Å². The van der Waals surface area contributed by atoms with Crippen molar-refractivity contribution in [1.82, 2.24) is 20.2 Å². The lowest BCUT2D eigenvalue weighted by molar-refractivity contribution is 0.876. The van der Waals surface area contributed by atoms with Crippen LogP contribution in [-0.2, 0) is 0 Å². The summed E-state index contributed by atoms with van der Waals surface area (Å²) in [7, 11) is 0. The Balaban J connectivity index is 1.97. The Bertz CT molecular complexity index is 755. The summed E-state index contributed by atoms with van der Waals surface area (Å²) in [4.78, 5) is 8.27. The van der Waals surface area contributed by atoms with Crippen LogP contribution in [0.4, 0.5) is 5.82 Å². The SMILES string of the molecule is CC(Nc1nc(Cl)nc2[nH]ncc12)c1ccccc1Cl. The van der Waals surface area contributed by atoms with E-state index in [0.717, 1.165) is 10.9 Å². The van der Waals surface area contributed by atoms with Crippen LogP contribution >= 0.6 is 23.2 Å². The molecule has 0 aliphatic rings. The molecule has 2 heterocycles. The number of hydrogen-bond acceptors (Lipinski definition) is 4. The molecule has 7 heteroatoms. The van der Waals surface area contributed by atoms with E-state index in [9.17, 15) is 0 Å². The summed E-state index contributed by atoms with van der Waals surface area (Å²) < 4.78 is 0. The highest BCUT2D eigenvalue weighted by atomic mass is 35.5. The summed E-state index contributed by atoms with van der Waals surface area (Å²) in [6.07, 6.45) is 1.66. The number of rotatable bonds is 3. The maximum atomic E-state index is 6.20. The van der Waals surface area contributed by atoms with Crippen LogP contribution in [0.3, 0.4) is 0 Å². The number of halogens is 2. The van der Waals surface area contributed by atoms with Gasteiger partial charge in [-0.15, -0.1) is 0 Å². The molecule has 0 amide bonds. The van der Waals surface area contributed by atoms with Crippen LogP contribution in [0.1, 0.15) is 18.5 Å². The van der Waals surface area contributed by atoms with E-state index in [1.54, 1.807) is 6.20 Å². The van der Waals surface area contributed by atoms with Crippen molar-refractivity contribution in [2.75, 3.05) is 5.32 Å². The highest BCUT2D eigenvalue weighted by Gasteiger charge is 2.13. The van der Waals surface area contributed by atoms with Crippen LogP contribution in [-0.4, -0.2) is 20.2 Å². The minimum Gasteiger partial charge on any atom is -0.363 e.